The number of methoxy groups -OCH3 is 1. The maximum absolute atomic E-state index is 12.5. The van der Waals surface area contributed by atoms with E-state index in [1.807, 2.05) is 39.0 Å². The predicted octanol–water partition coefficient (Wildman–Crippen LogP) is 6.92. The highest BCUT2D eigenvalue weighted by atomic mass is 35.5. The quantitative estimate of drug-likeness (QED) is 0.469. The van der Waals surface area contributed by atoms with Gasteiger partial charge in [0.25, 0.3) is 0 Å². The first-order chi connectivity index (χ1) is 15.6. The Morgan fingerprint density at radius 1 is 1.15 bits per heavy atom. The number of hydrogen-bond donors (Lipinski definition) is 1. The molecule has 1 aliphatic carbocycles. The van der Waals surface area contributed by atoms with Gasteiger partial charge in [-0.05, 0) is 88.8 Å². The van der Waals surface area contributed by atoms with Crippen molar-refractivity contribution < 1.29 is 19.0 Å². The first-order valence-corrected chi connectivity index (χ1v) is 12.3. The number of halogens is 1. The van der Waals surface area contributed by atoms with Gasteiger partial charge in [0, 0.05) is 17.1 Å². The Hall–Kier alpha value is -2.21. The fraction of sp³-hybridized carbons (Fsp3) is 0.615. The van der Waals surface area contributed by atoms with Crippen LogP contribution in [0.5, 0.6) is 11.6 Å². The van der Waals surface area contributed by atoms with Crippen molar-refractivity contribution >= 4 is 28.5 Å². The van der Waals surface area contributed by atoms with Crippen LogP contribution in [-0.2, 0) is 4.74 Å². The lowest BCUT2D eigenvalue weighted by Crippen LogP contribution is -2.55. The Bertz CT molecular complexity index is 961. The van der Waals surface area contributed by atoms with E-state index in [1.54, 1.807) is 13.3 Å². The summed E-state index contributed by atoms with van der Waals surface area (Å²) in [5.74, 6) is 1.61. The summed E-state index contributed by atoms with van der Waals surface area (Å²) >= 11 is 6.54. The van der Waals surface area contributed by atoms with Gasteiger partial charge in [-0.2, -0.15) is 0 Å². The molecular weight excluding hydrogens is 440 g/mol. The van der Waals surface area contributed by atoms with Crippen LogP contribution in [0.3, 0.4) is 0 Å². The molecule has 1 heterocycles. The summed E-state index contributed by atoms with van der Waals surface area (Å²) in [5.41, 5.74) is -0.778. The van der Waals surface area contributed by atoms with Crippen LogP contribution in [0, 0.1) is 5.92 Å². The van der Waals surface area contributed by atoms with E-state index in [-0.39, 0.29) is 17.7 Å². The van der Waals surface area contributed by atoms with Gasteiger partial charge in [-0.25, -0.2) is 9.78 Å². The van der Waals surface area contributed by atoms with Crippen molar-refractivity contribution in [2.24, 2.45) is 5.92 Å². The lowest BCUT2D eigenvalue weighted by atomic mass is 9.71. The molecule has 1 aromatic heterocycles. The van der Waals surface area contributed by atoms with Crippen LogP contribution in [0.25, 0.3) is 10.8 Å². The van der Waals surface area contributed by atoms with Crippen molar-refractivity contribution in [3.63, 3.8) is 0 Å². The summed E-state index contributed by atoms with van der Waals surface area (Å²) in [6, 6.07) is 5.74. The minimum absolute atomic E-state index is 0.0906. The fourth-order valence-electron chi connectivity index (χ4n) is 4.93. The van der Waals surface area contributed by atoms with Gasteiger partial charge in [0.05, 0.1) is 18.2 Å². The third-order valence-electron chi connectivity index (χ3n) is 6.73. The molecule has 0 spiro atoms. The Balaban J connectivity index is 1.67. The van der Waals surface area contributed by atoms with Gasteiger partial charge in [0.1, 0.15) is 11.4 Å². The molecule has 1 aliphatic rings. The highest BCUT2D eigenvalue weighted by Crippen LogP contribution is 2.40. The van der Waals surface area contributed by atoms with Crippen LogP contribution in [0.4, 0.5) is 4.79 Å². The number of ether oxygens (including phenoxy) is 3. The molecule has 0 radical (unpaired) electrons. The number of hydrogen-bond acceptors (Lipinski definition) is 5. The molecule has 7 heteroatoms. The first-order valence-electron chi connectivity index (χ1n) is 11.9. The number of benzene rings is 1. The maximum atomic E-state index is 12.5. The molecule has 1 aromatic carbocycles. The molecule has 2 aromatic rings. The number of carbonyl (C=O) groups is 1. The van der Waals surface area contributed by atoms with Gasteiger partial charge in [-0.3, -0.25) is 0 Å². The van der Waals surface area contributed by atoms with Crippen LogP contribution >= 0.6 is 11.6 Å². The summed E-state index contributed by atoms with van der Waals surface area (Å²) < 4.78 is 17.2. The van der Waals surface area contributed by atoms with Crippen molar-refractivity contribution in [3.8, 4) is 11.6 Å². The average molecular weight is 477 g/mol. The largest absolute Gasteiger partial charge is 0.489 e. The zero-order valence-corrected chi connectivity index (χ0v) is 21.4. The summed E-state index contributed by atoms with van der Waals surface area (Å²) in [4.78, 5) is 16.8. The molecule has 182 valence electrons. The Morgan fingerprint density at radius 3 is 2.39 bits per heavy atom. The lowest BCUT2D eigenvalue weighted by Gasteiger charge is -2.44. The molecule has 1 N–H and O–H groups in total. The average Bonchev–Trinajstić information content (AvgIpc) is 2.77. The molecule has 0 atom stereocenters. The van der Waals surface area contributed by atoms with E-state index in [0.29, 0.717) is 22.6 Å². The zero-order chi connectivity index (χ0) is 24.2. The Kier molecular flexibility index (Phi) is 7.99. The van der Waals surface area contributed by atoms with Crippen molar-refractivity contribution in [2.75, 3.05) is 7.11 Å². The van der Waals surface area contributed by atoms with Crippen molar-refractivity contribution in [1.82, 2.24) is 10.3 Å². The molecule has 1 fully saturated rings. The molecule has 0 bridgehead atoms. The highest BCUT2D eigenvalue weighted by Gasteiger charge is 2.40. The zero-order valence-electron chi connectivity index (χ0n) is 20.7. The van der Waals surface area contributed by atoms with Gasteiger partial charge in [0.15, 0.2) is 0 Å². The van der Waals surface area contributed by atoms with E-state index in [1.165, 1.54) is 0 Å². The van der Waals surface area contributed by atoms with Gasteiger partial charge < -0.3 is 19.5 Å². The summed E-state index contributed by atoms with van der Waals surface area (Å²) in [5, 5.41) is 5.62. The monoisotopic (exact) mass is 476 g/mol. The van der Waals surface area contributed by atoms with E-state index in [9.17, 15) is 4.79 Å². The molecule has 1 saturated carbocycles. The van der Waals surface area contributed by atoms with Crippen molar-refractivity contribution in [1.29, 1.82) is 0 Å². The van der Waals surface area contributed by atoms with Crippen LogP contribution < -0.4 is 14.8 Å². The molecule has 1 amide bonds. The molecule has 6 nitrogen and oxygen atoms in total. The second-order valence-corrected chi connectivity index (χ2v) is 10.3. The summed E-state index contributed by atoms with van der Waals surface area (Å²) in [6.07, 6.45) is 6.99. The number of aromatic nitrogens is 1. The molecule has 0 unspecified atom stereocenters. The smallest absolute Gasteiger partial charge is 0.408 e. The van der Waals surface area contributed by atoms with Crippen LogP contribution in [0.2, 0.25) is 5.02 Å². The number of amides is 1. The van der Waals surface area contributed by atoms with E-state index >= 15 is 0 Å². The molecule has 0 saturated heterocycles. The van der Waals surface area contributed by atoms with E-state index < -0.39 is 5.60 Å². The number of rotatable bonds is 7. The van der Waals surface area contributed by atoms with E-state index in [4.69, 9.17) is 25.8 Å². The fourth-order valence-corrected chi connectivity index (χ4v) is 5.13. The molecular formula is C26H37ClN2O4. The van der Waals surface area contributed by atoms with E-state index in [2.05, 4.69) is 24.1 Å². The molecule has 0 aliphatic heterocycles. The summed E-state index contributed by atoms with van der Waals surface area (Å²) in [6.45, 7) is 9.94. The minimum Gasteiger partial charge on any atom is -0.489 e. The molecule has 33 heavy (non-hydrogen) atoms. The number of pyridine rings is 1. The van der Waals surface area contributed by atoms with Crippen molar-refractivity contribution in [2.45, 2.75) is 90.4 Å². The SMILES string of the molecule is CCC(CC)(NC(=O)OC(C)(C)C)C1CCC(Oc2cc3ccnc(OC)c3cc2Cl)CC1. The van der Waals surface area contributed by atoms with Crippen LogP contribution in [-0.4, -0.2) is 35.4 Å². The number of fused-ring (bicyclic) bond motifs is 1. The van der Waals surface area contributed by atoms with Gasteiger partial charge in [-0.1, -0.05) is 25.4 Å². The van der Waals surface area contributed by atoms with Crippen molar-refractivity contribution in [3.05, 3.63) is 29.4 Å². The third-order valence-corrected chi connectivity index (χ3v) is 7.03. The Morgan fingerprint density at radius 2 is 1.82 bits per heavy atom. The number of alkyl carbamates (subject to hydrolysis) is 1. The van der Waals surface area contributed by atoms with Crippen LogP contribution in [0.15, 0.2) is 24.4 Å². The standard InChI is InChI=1S/C26H37ClN2O4/c1-7-26(8-2,29-24(30)33-25(3,4)5)18-9-11-19(12-10-18)32-22-15-17-13-14-28-23(31-6)20(17)16-21(22)27/h13-16,18-19H,7-12H2,1-6H3,(H,29,30). The van der Waals surface area contributed by atoms with Crippen LogP contribution in [0.1, 0.15) is 73.1 Å². The van der Waals surface area contributed by atoms with Gasteiger partial charge in [-0.15, -0.1) is 0 Å². The van der Waals surface area contributed by atoms with Gasteiger partial charge in [0.2, 0.25) is 5.88 Å². The van der Waals surface area contributed by atoms with E-state index in [0.717, 1.165) is 49.3 Å². The maximum Gasteiger partial charge on any atom is 0.408 e. The van der Waals surface area contributed by atoms with Gasteiger partial charge >= 0.3 is 6.09 Å². The molecule has 3 rings (SSSR count). The second-order valence-electron chi connectivity index (χ2n) is 9.91. The second kappa shape index (κ2) is 10.4. The summed E-state index contributed by atoms with van der Waals surface area (Å²) in [7, 11) is 1.60. The first kappa shape index (κ1) is 25.4. The topological polar surface area (TPSA) is 69.7 Å². The number of nitrogens with one attached hydrogen (secondary N) is 1. The Labute approximate surface area is 202 Å². The minimum atomic E-state index is -0.512. The third kappa shape index (κ3) is 6.03. The lowest BCUT2D eigenvalue weighted by molar-refractivity contribution is 0.0310. The number of nitrogens with zero attached hydrogens (tertiary/aromatic N) is 1. The normalized spacial score (nSPS) is 19.2. The predicted molar refractivity (Wildman–Crippen MR) is 132 cm³/mol. The number of carbonyl (C=O) groups excluding carboxylic acids is 1. The highest BCUT2D eigenvalue weighted by molar-refractivity contribution is 6.33.